The van der Waals surface area contributed by atoms with E-state index in [9.17, 15) is 14.2 Å². The summed E-state index contributed by atoms with van der Waals surface area (Å²) in [5.74, 6) is -0.814. The minimum absolute atomic E-state index is 0.0301. The Hall–Kier alpha value is -2.05. The highest BCUT2D eigenvalue weighted by molar-refractivity contribution is 7.46. The smallest absolute Gasteiger partial charge is 0.303 e. The van der Waals surface area contributed by atoms with Crippen LogP contribution < -0.4 is 0 Å². The highest BCUT2D eigenvalue weighted by atomic mass is 31.2. The van der Waals surface area contributed by atoms with Gasteiger partial charge >= 0.3 is 7.82 Å². The van der Waals surface area contributed by atoms with E-state index in [4.69, 9.17) is 9.79 Å². The molecule has 0 spiro atoms. The number of amides is 2. The van der Waals surface area contributed by atoms with Crippen molar-refractivity contribution < 1.29 is 28.5 Å². The Labute approximate surface area is 131 Å². The number of benzene rings is 2. The number of hydrogen-bond acceptors (Lipinski definition) is 4. The molecule has 3 rings (SSSR count). The molecular weight excluding hydrogens is 321 g/mol. The van der Waals surface area contributed by atoms with Crippen molar-refractivity contribution in [1.29, 1.82) is 0 Å². The first-order valence-electron chi connectivity index (χ1n) is 6.96. The van der Waals surface area contributed by atoms with E-state index in [1.165, 1.54) is 0 Å². The summed E-state index contributed by atoms with van der Waals surface area (Å²) in [4.78, 5) is 43.4. The van der Waals surface area contributed by atoms with Gasteiger partial charge in [-0.2, -0.15) is 0 Å². The number of carbonyl (C=O) groups is 2. The van der Waals surface area contributed by atoms with E-state index in [1.54, 1.807) is 24.3 Å². The second-order valence-electron chi connectivity index (χ2n) is 5.15. The van der Waals surface area contributed by atoms with Gasteiger partial charge < -0.3 is 9.79 Å². The highest BCUT2D eigenvalue weighted by Crippen LogP contribution is 2.36. The van der Waals surface area contributed by atoms with Gasteiger partial charge in [-0.25, -0.2) is 4.57 Å². The zero-order valence-electron chi connectivity index (χ0n) is 12.0. The van der Waals surface area contributed by atoms with E-state index in [0.29, 0.717) is 16.5 Å². The van der Waals surface area contributed by atoms with Crippen molar-refractivity contribution in [3.05, 3.63) is 47.5 Å². The minimum atomic E-state index is -4.54. The third-order valence-electron chi connectivity index (χ3n) is 3.64. The van der Waals surface area contributed by atoms with Crippen LogP contribution in [-0.2, 0) is 9.09 Å². The molecule has 0 aliphatic carbocycles. The molecule has 23 heavy (non-hydrogen) atoms. The summed E-state index contributed by atoms with van der Waals surface area (Å²) in [6.07, 6.45) is 0.140. The van der Waals surface area contributed by atoms with E-state index < -0.39 is 19.6 Å². The number of hydrogen-bond donors (Lipinski definition) is 2. The molecule has 0 saturated heterocycles. The van der Waals surface area contributed by atoms with Gasteiger partial charge in [0.2, 0.25) is 0 Å². The molecule has 2 aromatic rings. The van der Waals surface area contributed by atoms with E-state index >= 15 is 0 Å². The first kappa shape index (κ1) is 15.8. The molecule has 0 bridgehead atoms. The number of nitrogens with zero attached hydrogens (tertiary/aromatic N) is 1. The molecule has 2 aromatic carbocycles. The van der Waals surface area contributed by atoms with Gasteiger partial charge in [-0.05, 0) is 23.9 Å². The second-order valence-corrected chi connectivity index (χ2v) is 6.39. The van der Waals surface area contributed by atoms with Crippen molar-refractivity contribution in [2.45, 2.75) is 6.42 Å². The van der Waals surface area contributed by atoms with Gasteiger partial charge in [0.05, 0.1) is 6.61 Å². The predicted octanol–water partition coefficient (Wildman–Crippen LogP) is 1.94. The number of imide groups is 1. The van der Waals surface area contributed by atoms with Gasteiger partial charge in [-0.1, -0.05) is 24.3 Å². The summed E-state index contributed by atoms with van der Waals surface area (Å²) in [6, 6.07) is 10.5. The van der Waals surface area contributed by atoms with Crippen LogP contribution in [0.1, 0.15) is 27.1 Å². The van der Waals surface area contributed by atoms with Crippen molar-refractivity contribution >= 4 is 30.4 Å². The third-order valence-corrected chi connectivity index (χ3v) is 4.16. The molecule has 0 atom stereocenters. The van der Waals surface area contributed by atoms with Crippen LogP contribution in [-0.4, -0.2) is 39.7 Å². The average Bonchev–Trinajstić information content (AvgIpc) is 2.50. The summed E-state index contributed by atoms with van der Waals surface area (Å²) < 4.78 is 15.0. The first-order valence-corrected chi connectivity index (χ1v) is 8.49. The van der Waals surface area contributed by atoms with Crippen LogP contribution in [0, 0.1) is 0 Å². The lowest BCUT2D eigenvalue weighted by Crippen LogP contribution is -2.41. The monoisotopic (exact) mass is 335 g/mol. The van der Waals surface area contributed by atoms with Crippen molar-refractivity contribution in [2.75, 3.05) is 13.2 Å². The Kier molecular flexibility index (Phi) is 4.04. The number of phosphoric ester groups is 1. The normalized spacial score (nSPS) is 14.6. The molecule has 2 N–H and O–H groups in total. The van der Waals surface area contributed by atoms with Crippen LogP contribution in [0.2, 0.25) is 0 Å². The molecule has 0 unspecified atom stereocenters. The Balaban J connectivity index is 1.84. The number of phosphoric acid groups is 1. The molecule has 0 aromatic heterocycles. The molecule has 2 amide bonds. The summed E-state index contributed by atoms with van der Waals surface area (Å²) in [7, 11) is -4.54. The van der Waals surface area contributed by atoms with Gasteiger partial charge in [-0.3, -0.25) is 19.0 Å². The summed E-state index contributed by atoms with van der Waals surface area (Å²) in [6.45, 7) is -0.213. The first-order chi connectivity index (χ1) is 10.9. The molecular formula is C15H14NO6P. The van der Waals surface area contributed by atoms with Gasteiger partial charge in [0.15, 0.2) is 0 Å². The van der Waals surface area contributed by atoms with Gasteiger partial charge in [0, 0.05) is 23.1 Å². The van der Waals surface area contributed by atoms with E-state index in [-0.39, 0.29) is 19.6 Å². The van der Waals surface area contributed by atoms with Crippen LogP contribution >= 0.6 is 7.82 Å². The highest BCUT2D eigenvalue weighted by Gasteiger charge is 2.32. The largest absolute Gasteiger partial charge is 0.469 e. The van der Waals surface area contributed by atoms with Crippen LogP contribution in [0.3, 0.4) is 0 Å². The molecule has 1 aliphatic heterocycles. The molecule has 7 nitrogen and oxygen atoms in total. The second kappa shape index (κ2) is 5.86. The number of rotatable bonds is 5. The maximum absolute atomic E-state index is 12.5. The predicted molar refractivity (Wildman–Crippen MR) is 81.9 cm³/mol. The average molecular weight is 335 g/mol. The van der Waals surface area contributed by atoms with Crippen LogP contribution in [0.4, 0.5) is 0 Å². The molecule has 1 aliphatic rings. The fourth-order valence-corrected chi connectivity index (χ4v) is 3.06. The lowest BCUT2D eigenvalue weighted by Gasteiger charge is -2.27. The van der Waals surface area contributed by atoms with E-state index in [0.717, 1.165) is 10.3 Å². The van der Waals surface area contributed by atoms with Gasteiger partial charge in [0.1, 0.15) is 0 Å². The summed E-state index contributed by atoms with van der Waals surface area (Å²) >= 11 is 0. The standard InChI is InChI=1S/C15H14NO6P/c17-14-11-6-1-4-10-5-2-7-12(13(10)11)15(18)16(14)8-3-9-22-23(19,20)21/h1-2,4-7H,3,8-9H2,(H2,19,20,21). The van der Waals surface area contributed by atoms with Crippen molar-refractivity contribution in [3.8, 4) is 0 Å². The fraction of sp³-hybridized carbons (Fsp3) is 0.200. The zero-order chi connectivity index (χ0) is 16.6. The van der Waals surface area contributed by atoms with Crippen LogP contribution in [0.25, 0.3) is 10.8 Å². The third kappa shape index (κ3) is 3.04. The molecule has 0 radical (unpaired) electrons. The fourth-order valence-electron chi connectivity index (χ4n) is 2.69. The van der Waals surface area contributed by atoms with E-state index in [2.05, 4.69) is 4.52 Å². The van der Waals surface area contributed by atoms with Crippen molar-refractivity contribution in [1.82, 2.24) is 4.90 Å². The van der Waals surface area contributed by atoms with E-state index in [1.807, 2.05) is 12.1 Å². The number of carbonyl (C=O) groups excluding carboxylic acids is 2. The summed E-state index contributed by atoms with van der Waals surface area (Å²) in [5, 5.41) is 1.47. The Morgan fingerprint density at radius 2 is 1.57 bits per heavy atom. The van der Waals surface area contributed by atoms with Crippen molar-refractivity contribution in [2.24, 2.45) is 0 Å². The van der Waals surface area contributed by atoms with Crippen molar-refractivity contribution in [3.63, 3.8) is 0 Å². The lowest BCUT2D eigenvalue weighted by atomic mass is 9.94. The minimum Gasteiger partial charge on any atom is -0.303 e. The van der Waals surface area contributed by atoms with Gasteiger partial charge in [-0.15, -0.1) is 0 Å². The zero-order valence-corrected chi connectivity index (χ0v) is 12.9. The quantitative estimate of drug-likeness (QED) is 0.491. The Morgan fingerprint density at radius 3 is 2.09 bits per heavy atom. The molecule has 8 heteroatoms. The molecule has 0 saturated carbocycles. The SMILES string of the molecule is O=C1c2cccc3cccc(c23)C(=O)N1CCCOP(=O)(O)O. The molecule has 0 fully saturated rings. The maximum Gasteiger partial charge on any atom is 0.469 e. The summed E-state index contributed by atoms with van der Waals surface area (Å²) in [5.41, 5.74) is 0.905. The molecule has 120 valence electrons. The van der Waals surface area contributed by atoms with Crippen LogP contribution in [0.15, 0.2) is 36.4 Å². The topological polar surface area (TPSA) is 104 Å². The Morgan fingerprint density at radius 1 is 1.00 bits per heavy atom. The maximum atomic E-state index is 12.5. The molecule has 1 heterocycles. The van der Waals surface area contributed by atoms with Gasteiger partial charge in [0.25, 0.3) is 11.8 Å². The van der Waals surface area contributed by atoms with Crippen LogP contribution in [0.5, 0.6) is 0 Å². The lowest BCUT2D eigenvalue weighted by molar-refractivity contribution is 0.0602. The Bertz CT molecular complexity index is 792.